The Hall–Kier alpha value is -1.55. The van der Waals surface area contributed by atoms with Gasteiger partial charge in [-0.15, -0.1) is 0 Å². The number of hydrogen-bond donors (Lipinski definition) is 3. The average molecular weight is 235 g/mol. The molecule has 1 rings (SSSR count). The standard InChI is InChI=1S/C13H21N3O/c1-10(12-6-4-3-5-7-12)8-15-9-11(2)13(14)16-17/h3-7,10-11,15,17H,8-9H2,1-2H3,(H2,14,16). The number of oxime groups is 1. The highest BCUT2D eigenvalue weighted by atomic mass is 16.4. The van der Waals surface area contributed by atoms with Crippen LogP contribution in [0.1, 0.15) is 25.3 Å². The van der Waals surface area contributed by atoms with E-state index in [1.54, 1.807) is 0 Å². The molecule has 0 amide bonds. The van der Waals surface area contributed by atoms with Gasteiger partial charge in [0.1, 0.15) is 5.84 Å². The van der Waals surface area contributed by atoms with E-state index < -0.39 is 0 Å². The molecule has 2 atom stereocenters. The molecule has 0 fully saturated rings. The topological polar surface area (TPSA) is 70.6 Å². The predicted molar refractivity (Wildman–Crippen MR) is 70.3 cm³/mol. The second kappa shape index (κ2) is 6.91. The van der Waals surface area contributed by atoms with Crippen molar-refractivity contribution in [3.8, 4) is 0 Å². The zero-order valence-corrected chi connectivity index (χ0v) is 10.4. The van der Waals surface area contributed by atoms with Crippen LogP contribution >= 0.6 is 0 Å². The molecule has 0 radical (unpaired) electrons. The summed E-state index contributed by atoms with van der Waals surface area (Å²) in [6, 6.07) is 10.4. The summed E-state index contributed by atoms with van der Waals surface area (Å²) >= 11 is 0. The van der Waals surface area contributed by atoms with Crippen LogP contribution in [0.5, 0.6) is 0 Å². The highest BCUT2D eigenvalue weighted by Gasteiger charge is 2.08. The number of hydrogen-bond acceptors (Lipinski definition) is 3. The largest absolute Gasteiger partial charge is 0.409 e. The molecular formula is C13H21N3O. The lowest BCUT2D eigenvalue weighted by molar-refractivity contribution is 0.314. The van der Waals surface area contributed by atoms with Crippen LogP contribution in [0.4, 0.5) is 0 Å². The van der Waals surface area contributed by atoms with Gasteiger partial charge in [-0.25, -0.2) is 0 Å². The second-order valence-corrected chi connectivity index (χ2v) is 4.40. The van der Waals surface area contributed by atoms with Crippen LogP contribution in [0.25, 0.3) is 0 Å². The molecule has 0 bridgehead atoms. The third-order valence-corrected chi connectivity index (χ3v) is 2.89. The number of benzene rings is 1. The maximum Gasteiger partial charge on any atom is 0.143 e. The van der Waals surface area contributed by atoms with Crippen molar-refractivity contribution in [2.24, 2.45) is 16.8 Å². The third-order valence-electron chi connectivity index (χ3n) is 2.89. The van der Waals surface area contributed by atoms with Gasteiger partial charge in [0.2, 0.25) is 0 Å². The third kappa shape index (κ3) is 4.44. The fourth-order valence-corrected chi connectivity index (χ4v) is 1.62. The predicted octanol–water partition coefficient (Wildman–Crippen LogP) is 1.76. The van der Waals surface area contributed by atoms with Gasteiger partial charge in [0.05, 0.1) is 0 Å². The van der Waals surface area contributed by atoms with E-state index in [0.717, 1.165) is 6.54 Å². The molecule has 4 N–H and O–H groups in total. The summed E-state index contributed by atoms with van der Waals surface area (Å²) in [6.07, 6.45) is 0. The summed E-state index contributed by atoms with van der Waals surface area (Å²) in [5.74, 6) is 0.767. The highest BCUT2D eigenvalue weighted by Crippen LogP contribution is 2.12. The molecule has 1 aromatic rings. The molecule has 4 heteroatoms. The Morgan fingerprint density at radius 1 is 1.29 bits per heavy atom. The van der Waals surface area contributed by atoms with Gasteiger partial charge in [0, 0.05) is 19.0 Å². The lowest BCUT2D eigenvalue weighted by atomic mass is 10.0. The first-order chi connectivity index (χ1) is 8.15. The van der Waals surface area contributed by atoms with E-state index in [9.17, 15) is 0 Å². The minimum atomic E-state index is 0.0444. The van der Waals surface area contributed by atoms with Crippen molar-refractivity contribution in [2.45, 2.75) is 19.8 Å². The van der Waals surface area contributed by atoms with Crippen LogP contribution < -0.4 is 11.1 Å². The molecule has 4 nitrogen and oxygen atoms in total. The molecule has 0 heterocycles. The molecule has 0 aliphatic carbocycles. The Morgan fingerprint density at radius 3 is 2.53 bits per heavy atom. The van der Waals surface area contributed by atoms with Crippen molar-refractivity contribution in [3.63, 3.8) is 0 Å². The Kier molecular flexibility index (Phi) is 5.49. The molecule has 0 aliphatic heterocycles. The van der Waals surface area contributed by atoms with E-state index in [1.807, 2.05) is 25.1 Å². The molecule has 0 saturated carbocycles. The Morgan fingerprint density at radius 2 is 1.94 bits per heavy atom. The fourth-order valence-electron chi connectivity index (χ4n) is 1.62. The van der Waals surface area contributed by atoms with Crippen LogP contribution in [0, 0.1) is 5.92 Å². The SMILES string of the molecule is CC(CNCC(C)c1ccccc1)/C(N)=N/O. The zero-order chi connectivity index (χ0) is 12.7. The molecule has 2 unspecified atom stereocenters. The van der Waals surface area contributed by atoms with Crippen LogP contribution in [0.3, 0.4) is 0 Å². The lowest BCUT2D eigenvalue weighted by Gasteiger charge is -2.15. The van der Waals surface area contributed by atoms with E-state index in [4.69, 9.17) is 10.9 Å². The first-order valence-corrected chi connectivity index (χ1v) is 5.88. The van der Waals surface area contributed by atoms with Gasteiger partial charge in [0.15, 0.2) is 0 Å². The second-order valence-electron chi connectivity index (χ2n) is 4.40. The molecule has 0 aromatic heterocycles. The number of nitrogens with two attached hydrogens (primary N) is 1. The summed E-state index contributed by atoms with van der Waals surface area (Å²) in [6.45, 7) is 5.70. The normalized spacial score (nSPS) is 15.5. The van der Waals surface area contributed by atoms with E-state index >= 15 is 0 Å². The van der Waals surface area contributed by atoms with E-state index in [0.29, 0.717) is 12.5 Å². The smallest absolute Gasteiger partial charge is 0.143 e. The number of nitrogens with zero attached hydrogens (tertiary/aromatic N) is 1. The van der Waals surface area contributed by atoms with Gasteiger partial charge in [-0.1, -0.05) is 49.3 Å². The summed E-state index contributed by atoms with van der Waals surface area (Å²) in [5, 5.41) is 14.9. The molecule has 17 heavy (non-hydrogen) atoms. The number of rotatable bonds is 6. The quantitative estimate of drug-likeness (QED) is 0.304. The van der Waals surface area contributed by atoms with Crippen LogP contribution in [-0.4, -0.2) is 24.1 Å². The van der Waals surface area contributed by atoms with Crippen LogP contribution in [0.2, 0.25) is 0 Å². The molecular weight excluding hydrogens is 214 g/mol. The van der Waals surface area contributed by atoms with Crippen LogP contribution in [0.15, 0.2) is 35.5 Å². The van der Waals surface area contributed by atoms with Gasteiger partial charge >= 0.3 is 0 Å². The van der Waals surface area contributed by atoms with Crippen LogP contribution in [-0.2, 0) is 0 Å². The minimum Gasteiger partial charge on any atom is -0.409 e. The first-order valence-electron chi connectivity index (χ1n) is 5.88. The van der Waals surface area contributed by atoms with Crippen molar-refractivity contribution in [1.82, 2.24) is 5.32 Å². The highest BCUT2D eigenvalue weighted by molar-refractivity contribution is 5.82. The van der Waals surface area contributed by atoms with E-state index in [-0.39, 0.29) is 11.8 Å². The van der Waals surface area contributed by atoms with Gasteiger partial charge < -0.3 is 16.3 Å². The van der Waals surface area contributed by atoms with Gasteiger partial charge in [-0.05, 0) is 11.5 Å². The van der Waals surface area contributed by atoms with Crippen molar-refractivity contribution in [2.75, 3.05) is 13.1 Å². The summed E-state index contributed by atoms with van der Waals surface area (Å²) in [4.78, 5) is 0. The molecule has 94 valence electrons. The zero-order valence-electron chi connectivity index (χ0n) is 10.4. The van der Waals surface area contributed by atoms with Crippen molar-refractivity contribution in [3.05, 3.63) is 35.9 Å². The summed E-state index contributed by atoms with van der Waals surface area (Å²) in [7, 11) is 0. The van der Waals surface area contributed by atoms with Crippen molar-refractivity contribution in [1.29, 1.82) is 0 Å². The Labute approximate surface area is 103 Å². The lowest BCUT2D eigenvalue weighted by Crippen LogP contribution is -2.33. The van der Waals surface area contributed by atoms with Gasteiger partial charge in [-0.2, -0.15) is 0 Å². The fraction of sp³-hybridized carbons (Fsp3) is 0.462. The Bertz CT molecular complexity index is 351. The summed E-state index contributed by atoms with van der Waals surface area (Å²) < 4.78 is 0. The van der Waals surface area contributed by atoms with Crippen molar-refractivity contribution >= 4 is 5.84 Å². The average Bonchev–Trinajstić information content (AvgIpc) is 2.38. The first kappa shape index (κ1) is 13.5. The Balaban J connectivity index is 2.32. The van der Waals surface area contributed by atoms with E-state index in [2.05, 4.69) is 29.5 Å². The molecule has 0 spiro atoms. The van der Waals surface area contributed by atoms with Gasteiger partial charge in [0.25, 0.3) is 0 Å². The van der Waals surface area contributed by atoms with E-state index in [1.165, 1.54) is 5.56 Å². The molecule has 1 aromatic carbocycles. The monoisotopic (exact) mass is 235 g/mol. The maximum atomic E-state index is 8.53. The summed E-state index contributed by atoms with van der Waals surface area (Å²) in [5.41, 5.74) is 6.82. The van der Waals surface area contributed by atoms with Gasteiger partial charge in [-0.3, -0.25) is 0 Å². The number of nitrogens with one attached hydrogen (secondary N) is 1. The van der Waals surface area contributed by atoms with Crippen molar-refractivity contribution < 1.29 is 5.21 Å². The molecule has 0 aliphatic rings. The maximum absolute atomic E-state index is 8.53. The minimum absolute atomic E-state index is 0.0444. The number of amidine groups is 1. The molecule has 0 saturated heterocycles.